The van der Waals surface area contributed by atoms with Crippen LogP contribution in [0, 0.1) is 5.92 Å². The molecular weight excluding hydrogens is 276 g/mol. The van der Waals surface area contributed by atoms with Gasteiger partial charge in [-0.25, -0.2) is 0 Å². The second-order valence-electron chi connectivity index (χ2n) is 6.33. The third-order valence-electron chi connectivity index (χ3n) is 4.19. The summed E-state index contributed by atoms with van der Waals surface area (Å²) in [5, 5.41) is 2.93. The zero-order valence-corrected chi connectivity index (χ0v) is 13.8. The summed E-state index contributed by atoms with van der Waals surface area (Å²) in [5.74, 6) is -0.225. The van der Waals surface area contributed by atoms with E-state index in [-0.39, 0.29) is 23.8 Å². The zero-order valence-electron chi connectivity index (χ0n) is 13.8. The van der Waals surface area contributed by atoms with Gasteiger partial charge in [-0.2, -0.15) is 0 Å². The van der Waals surface area contributed by atoms with Gasteiger partial charge in [0.05, 0.1) is 5.92 Å². The van der Waals surface area contributed by atoms with E-state index in [0.29, 0.717) is 13.0 Å². The summed E-state index contributed by atoms with van der Waals surface area (Å²) < 4.78 is 0. The van der Waals surface area contributed by atoms with Gasteiger partial charge in [-0.3, -0.25) is 9.59 Å². The van der Waals surface area contributed by atoms with Gasteiger partial charge in [-0.1, -0.05) is 25.5 Å². The Labute approximate surface area is 132 Å². The Balaban J connectivity index is 1.91. The molecule has 1 atom stereocenters. The highest BCUT2D eigenvalue weighted by Gasteiger charge is 2.35. The molecule has 120 valence electrons. The Kier molecular flexibility index (Phi) is 5.58. The minimum atomic E-state index is -0.241. The van der Waals surface area contributed by atoms with Crippen molar-refractivity contribution in [1.29, 1.82) is 0 Å². The molecule has 1 N–H and O–H groups in total. The summed E-state index contributed by atoms with van der Waals surface area (Å²) in [5.41, 5.74) is 2.10. The Hall–Kier alpha value is -1.84. The van der Waals surface area contributed by atoms with E-state index in [4.69, 9.17) is 0 Å². The van der Waals surface area contributed by atoms with E-state index in [1.54, 1.807) is 4.90 Å². The normalized spacial score (nSPS) is 18.1. The van der Waals surface area contributed by atoms with E-state index in [2.05, 4.69) is 24.4 Å². The molecule has 0 radical (unpaired) electrons. The first-order valence-electron chi connectivity index (χ1n) is 8.20. The Morgan fingerprint density at radius 1 is 1.32 bits per heavy atom. The lowest BCUT2D eigenvalue weighted by Gasteiger charge is -2.20. The lowest BCUT2D eigenvalue weighted by atomic mass is 10.1. The number of aryl methyl sites for hydroxylation is 1. The molecule has 4 heteroatoms. The first kappa shape index (κ1) is 16.5. The first-order valence-corrected chi connectivity index (χ1v) is 8.20. The van der Waals surface area contributed by atoms with Gasteiger partial charge in [0, 0.05) is 24.7 Å². The van der Waals surface area contributed by atoms with Crippen molar-refractivity contribution in [2.24, 2.45) is 5.92 Å². The van der Waals surface area contributed by atoms with Crippen molar-refractivity contribution in [1.82, 2.24) is 4.90 Å². The number of benzene rings is 1. The third kappa shape index (κ3) is 4.09. The summed E-state index contributed by atoms with van der Waals surface area (Å²) in [7, 11) is 0. The molecule has 1 fully saturated rings. The topological polar surface area (TPSA) is 49.4 Å². The molecule has 0 saturated carbocycles. The molecule has 0 aliphatic carbocycles. The van der Waals surface area contributed by atoms with Crippen molar-refractivity contribution in [3.8, 4) is 0 Å². The van der Waals surface area contributed by atoms with Crippen LogP contribution in [0.5, 0.6) is 0 Å². The highest BCUT2D eigenvalue weighted by molar-refractivity contribution is 5.97. The second kappa shape index (κ2) is 7.43. The predicted octanol–water partition coefficient (Wildman–Crippen LogP) is 3.22. The number of likely N-dealkylation sites (tertiary alicyclic amines) is 1. The molecule has 2 amide bonds. The minimum Gasteiger partial charge on any atom is -0.339 e. The molecule has 22 heavy (non-hydrogen) atoms. The highest BCUT2D eigenvalue weighted by atomic mass is 16.2. The van der Waals surface area contributed by atoms with Crippen molar-refractivity contribution in [2.45, 2.75) is 52.5 Å². The molecule has 0 unspecified atom stereocenters. The van der Waals surface area contributed by atoms with Gasteiger partial charge in [0.1, 0.15) is 0 Å². The monoisotopic (exact) mass is 302 g/mol. The molecule has 1 aliphatic heterocycles. The average Bonchev–Trinajstić information content (AvgIpc) is 2.89. The van der Waals surface area contributed by atoms with Crippen molar-refractivity contribution >= 4 is 17.5 Å². The van der Waals surface area contributed by atoms with E-state index in [0.717, 1.165) is 12.1 Å². The molecule has 0 bridgehead atoms. The van der Waals surface area contributed by atoms with Crippen molar-refractivity contribution in [3.05, 3.63) is 29.8 Å². The van der Waals surface area contributed by atoms with E-state index in [9.17, 15) is 9.59 Å². The van der Waals surface area contributed by atoms with E-state index in [1.165, 1.54) is 18.4 Å². The second-order valence-corrected chi connectivity index (χ2v) is 6.33. The van der Waals surface area contributed by atoms with Gasteiger partial charge in [-0.05, 0) is 44.4 Å². The smallest absolute Gasteiger partial charge is 0.229 e. The van der Waals surface area contributed by atoms with Crippen LogP contribution in [0.4, 0.5) is 5.69 Å². The number of amides is 2. The average molecular weight is 302 g/mol. The van der Waals surface area contributed by atoms with Crippen LogP contribution in [-0.4, -0.2) is 29.3 Å². The maximum absolute atomic E-state index is 12.3. The van der Waals surface area contributed by atoms with Crippen LogP contribution in [0.3, 0.4) is 0 Å². The van der Waals surface area contributed by atoms with Crippen molar-refractivity contribution in [3.63, 3.8) is 0 Å². The fourth-order valence-electron chi connectivity index (χ4n) is 2.79. The molecule has 1 aromatic carbocycles. The highest BCUT2D eigenvalue weighted by Crippen LogP contribution is 2.22. The van der Waals surface area contributed by atoms with Crippen molar-refractivity contribution < 1.29 is 9.59 Å². The molecule has 1 aromatic rings. The quantitative estimate of drug-likeness (QED) is 0.877. The predicted molar refractivity (Wildman–Crippen MR) is 88.6 cm³/mol. The summed E-state index contributed by atoms with van der Waals surface area (Å²) in [6.45, 7) is 6.66. The van der Waals surface area contributed by atoms with Gasteiger partial charge in [0.25, 0.3) is 0 Å². The molecule has 2 rings (SSSR count). The number of hydrogen-bond acceptors (Lipinski definition) is 2. The molecule has 4 nitrogen and oxygen atoms in total. The van der Waals surface area contributed by atoms with Gasteiger partial charge < -0.3 is 10.2 Å². The third-order valence-corrected chi connectivity index (χ3v) is 4.19. The number of carbonyl (C=O) groups is 2. The van der Waals surface area contributed by atoms with Gasteiger partial charge >= 0.3 is 0 Å². The lowest BCUT2D eigenvalue weighted by molar-refractivity contribution is -0.129. The summed E-state index contributed by atoms with van der Waals surface area (Å²) in [4.78, 5) is 25.9. The molecular formula is C18H26N2O2. The number of nitrogens with one attached hydrogen (secondary N) is 1. The standard InChI is InChI=1S/C18H26N2O2/c1-4-5-6-14-7-9-16(10-8-14)19-18(22)15-11-17(21)20(12-15)13(2)3/h7-10,13,15H,4-6,11-12H2,1-3H3,(H,19,22)/t15-/m0/s1. The SMILES string of the molecule is CCCCc1ccc(NC(=O)[C@H]2CC(=O)N(C(C)C)C2)cc1. The largest absolute Gasteiger partial charge is 0.339 e. The fraction of sp³-hybridized carbons (Fsp3) is 0.556. The fourth-order valence-corrected chi connectivity index (χ4v) is 2.79. The van der Waals surface area contributed by atoms with Gasteiger partial charge in [0.2, 0.25) is 11.8 Å². The van der Waals surface area contributed by atoms with Crippen LogP contribution in [0.15, 0.2) is 24.3 Å². The van der Waals surface area contributed by atoms with Crippen LogP contribution in [0.1, 0.15) is 45.6 Å². The van der Waals surface area contributed by atoms with Crippen LogP contribution in [-0.2, 0) is 16.0 Å². The number of rotatable bonds is 6. The molecule has 0 aromatic heterocycles. The number of carbonyl (C=O) groups excluding carboxylic acids is 2. The van der Waals surface area contributed by atoms with Crippen LogP contribution >= 0.6 is 0 Å². The van der Waals surface area contributed by atoms with Gasteiger partial charge in [-0.15, -0.1) is 0 Å². The Morgan fingerprint density at radius 2 is 2.00 bits per heavy atom. The molecule has 1 heterocycles. The minimum absolute atomic E-state index is 0.0576. The molecule has 1 saturated heterocycles. The number of unbranched alkanes of at least 4 members (excludes halogenated alkanes) is 1. The summed E-state index contributed by atoms with van der Waals surface area (Å²) in [6, 6.07) is 8.17. The summed E-state index contributed by atoms with van der Waals surface area (Å²) in [6.07, 6.45) is 3.76. The maximum atomic E-state index is 12.3. The first-order chi connectivity index (χ1) is 10.5. The van der Waals surface area contributed by atoms with Crippen LogP contribution in [0.2, 0.25) is 0 Å². The van der Waals surface area contributed by atoms with E-state index < -0.39 is 0 Å². The van der Waals surface area contributed by atoms with E-state index >= 15 is 0 Å². The number of anilines is 1. The van der Waals surface area contributed by atoms with Crippen LogP contribution in [0.25, 0.3) is 0 Å². The van der Waals surface area contributed by atoms with Crippen molar-refractivity contribution in [2.75, 3.05) is 11.9 Å². The van der Waals surface area contributed by atoms with Crippen LogP contribution < -0.4 is 5.32 Å². The Morgan fingerprint density at radius 3 is 2.55 bits per heavy atom. The number of hydrogen-bond donors (Lipinski definition) is 1. The molecule has 0 spiro atoms. The van der Waals surface area contributed by atoms with E-state index in [1.807, 2.05) is 26.0 Å². The zero-order chi connectivity index (χ0) is 16.1. The number of nitrogens with zero attached hydrogens (tertiary/aromatic N) is 1. The maximum Gasteiger partial charge on any atom is 0.229 e. The lowest BCUT2D eigenvalue weighted by Crippen LogP contribution is -2.33. The molecule has 1 aliphatic rings. The summed E-state index contributed by atoms with van der Waals surface area (Å²) >= 11 is 0. The Bertz CT molecular complexity index is 522. The van der Waals surface area contributed by atoms with Gasteiger partial charge in [0.15, 0.2) is 0 Å².